The molecule has 0 bridgehead atoms. The van der Waals surface area contributed by atoms with Gasteiger partial charge < -0.3 is 31.5 Å². The summed E-state index contributed by atoms with van der Waals surface area (Å²) in [6.07, 6.45) is 1.82. The summed E-state index contributed by atoms with van der Waals surface area (Å²) in [5.41, 5.74) is 13.5. The number of nitrogen functional groups attached to an aromatic ring is 2. The third kappa shape index (κ3) is 4.34. The van der Waals surface area contributed by atoms with E-state index in [0.29, 0.717) is 17.0 Å². The molecule has 4 heterocycles. The van der Waals surface area contributed by atoms with Gasteiger partial charge in [-0.3, -0.25) is 14.5 Å². The Hall–Kier alpha value is -4.17. The molecule has 5 N–H and O–H groups in total. The molecule has 2 aliphatic heterocycles. The lowest BCUT2D eigenvalue weighted by Gasteiger charge is -2.50. The topological polar surface area (TPSA) is 180 Å². The van der Waals surface area contributed by atoms with Crippen molar-refractivity contribution in [2.45, 2.75) is 18.0 Å². The van der Waals surface area contributed by atoms with Gasteiger partial charge in [-0.05, 0) is 12.1 Å². The first kappa shape index (κ1) is 24.5. The Kier molecular flexibility index (Phi) is 6.43. The fourth-order valence-corrected chi connectivity index (χ4v) is 6.25. The number of thioether (sulfide) groups is 1. The summed E-state index contributed by atoms with van der Waals surface area (Å²) in [6.45, 7) is 0.223. The number of nitrogens with zero attached hydrogens (tertiary/aromatic N) is 4. The van der Waals surface area contributed by atoms with Gasteiger partial charge in [-0.1, -0.05) is 11.2 Å². The van der Waals surface area contributed by atoms with Gasteiger partial charge in [0.25, 0.3) is 11.8 Å². The highest BCUT2D eigenvalue weighted by Crippen LogP contribution is 2.40. The molecule has 0 saturated carbocycles. The first-order chi connectivity index (χ1) is 17.8. The molecule has 5 rings (SSSR count). The van der Waals surface area contributed by atoms with Crippen molar-refractivity contribution in [3.05, 3.63) is 58.9 Å². The smallest absolute Gasteiger partial charge is 0.276 e. The third-order valence-electron chi connectivity index (χ3n) is 6.01. The molecule has 2 aromatic heterocycles. The second kappa shape index (κ2) is 9.71. The molecule has 0 aliphatic carbocycles. The Morgan fingerprint density at radius 1 is 1.32 bits per heavy atom. The molecule has 1 aromatic carbocycles. The van der Waals surface area contributed by atoms with E-state index in [9.17, 15) is 19.5 Å². The third-order valence-corrected chi connectivity index (χ3v) is 8.02. The highest BCUT2D eigenvalue weighted by molar-refractivity contribution is 8.00. The monoisotopic (exact) mass is 539 g/mol. The highest BCUT2D eigenvalue weighted by Gasteiger charge is 2.53. The fourth-order valence-electron chi connectivity index (χ4n) is 4.36. The molecular formula is C23H21N7O5S2. The quantitative estimate of drug-likeness (QED) is 0.114. The summed E-state index contributed by atoms with van der Waals surface area (Å²) in [5, 5.41) is 20.5. The normalized spacial score (nSPS) is 19.4. The average molecular weight is 540 g/mol. The summed E-state index contributed by atoms with van der Waals surface area (Å²) in [4.78, 5) is 48.1. The molecule has 12 nitrogen and oxygen atoms in total. The number of carboxylic acid groups (broad SMARTS) is 1. The predicted octanol–water partition coefficient (Wildman–Crippen LogP) is -0.797. The number of aromatic nitrogens is 2. The zero-order valence-electron chi connectivity index (χ0n) is 19.4. The van der Waals surface area contributed by atoms with Crippen LogP contribution < -0.4 is 26.5 Å². The van der Waals surface area contributed by atoms with E-state index >= 15 is 0 Å². The molecule has 0 radical (unpaired) electrons. The Labute approximate surface area is 218 Å². The Balaban J connectivity index is 1.39. The molecule has 14 heteroatoms. The minimum absolute atomic E-state index is 0.148. The number of nitrogens with one attached hydrogen (secondary N) is 1. The zero-order chi connectivity index (χ0) is 26.3. The van der Waals surface area contributed by atoms with Crippen LogP contribution >= 0.6 is 23.1 Å². The van der Waals surface area contributed by atoms with Crippen LogP contribution in [0.4, 0.5) is 10.8 Å². The number of thiazole rings is 1. The van der Waals surface area contributed by atoms with Crippen LogP contribution in [0.1, 0.15) is 5.69 Å². The highest BCUT2D eigenvalue weighted by atomic mass is 32.2. The second-order valence-corrected chi connectivity index (χ2v) is 10.2. The van der Waals surface area contributed by atoms with E-state index in [0.717, 1.165) is 27.1 Å². The SMILES string of the molecule is CON=C(C(=O)NC1C(=O)N2C(C(=O)[O-])=C(C[n+]3cccc4c(N)cccc43)CS[C@@H]12)c1csc(N)n1. The number of hydrogen-bond acceptors (Lipinski definition) is 11. The largest absolute Gasteiger partial charge is 0.543 e. The number of pyridine rings is 1. The maximum Gasteiger partial charge on any atom is 0.276 e. The Bertz CT molecular complexity index is 1500. The van der Waals surface area contributed by atoms with Gasteiger partial charge in [0.15, 0.2) is 23.6 Å². The van der Waals surface area contributed by atoms with Crippen molar-refractivity contribution in [2.24, 2.45) is 5.16 Å². The van der Waals surface area contributed by atoms with Gasteiger partial charge in [-0.25, -0.2) is 4.98 Å². The standard InChI is InChI=1S/C23H21N7O5S2/c1-35-28-16(14-10-37-23(25)26-14)19(31)27-17-20(32)30-18(22(33)34)11(9-36-21(17)30)8-29-7-3-4-12-13(24)5-2-6-15(12)29/h2-7,10,17,21,24H,8-9H2,1H3,(H4,25,26,27,31,33,34)/t17?,21-/m0/s1. The number of carbonyl (C=O) groups is 3. The number of carboxylic acids is 1. The van der Waals surface area contributed by atoms with E-state index in [-0.39, 0.29) is 28.8 Å². The molecule has 190 valence electrons. The number of oxime groups is 1. The van der Waals surface area contributed by atoms with Crippen LogP contribution in [0.15, 0.2) is 58.3 Å². The van der Waals surface area contributed by atoms with Crippen molar-refractivity contribution >= 4 is 68.3 Å². The van der Waals surface area contributed by atoms with Gasteiger partial charge in [-0.2, -0.15) is 4.57 Å². The van der Waals surface area contributed by atoms with Gasteiger partial charge in [0, 0.05) is 34.5 Å². The lowest BCUT2D eigenvalue weighted by atomic mass is 10.0. The van der Waals surface area contributed by atoms with E-state index in [4.69, 9.17) is 16.3 Å². The molecule has 2 aliphatic rings. The van der Waals surface area contributed by atoms with Gasteiger partial charge in [0.2, 0.25) is 5.52 Å². The summed E-state index contributed by atoms with van der Waals surface area (Å²) < 4.78 is 1.88. The van der Waals surface area contributed by atoms with Crippen molar-refractivity contribution in [1.82, 2.24) is 15.2 Å². The molecule has 2 atom stereocenters. The molecule has 1 fully saturated rings. The van der Waals surface area contributed by atoms with Crippen LogP contribution in [0.2, 0.25) is 0 Å². The maximum atomic E-state index is 13.1. The average Bonchev–Trinajstić information content (AvgIpc) is 3.31. The molecule has 1 saturated heterocycles. The first-order valence-electron chi connectivity index (χ1n) is 11.0. The number of rotatable bonds is 7. The number of amides is 2. The van der Waals surface area contributed by atoms with Crippen LogP contribution in [-0.4, -0.2) is 57.7 Å². The van der Waals surface area contributed by atoms with Crippen LogP contribution in [-0.2, 0) is 25.8 Å². The number of benzene rings is 1. The summed E-state index contributed by atoms with van der Waals surface area (Å²) >= 11 is 2.47. The zero-order valence-corrected chi connectivity index (χ0v) is 21.0. The van der Waals surface area contributed by atoms with E-state index in [1.165, 1.54) is 18.9 Å². The molecule has 3 aromatic rings. The van der Waals surface area contributed by atoms with Crippen LogP contribution in [0, 0.1) is 0 Å². The van der Waals surface area contributed by atoms with Crippen molar-refractivity contribution in [3.63, 3.8) is 0 Å². The number of aliphatic carboxylic acids is 1. The molecular weight excluding hydrogens is 518 g/mol. The minimum Gasteiger partial charge on any atom is -0.543 e. The van der Waals surface area contributed by atoms with E-state index in [1.54, 1.807) is 11.4 Å². The summed E-state index contributed by atoms with van der Waals surface area (Å²) in [6, 6.07) is 8.25. The van der Waals surface area contributed by atoms with Gasteiger partial charge >= 0.3 is 0 Å². The van der Waals surface area contributed by atoms with E-state index in [1.807, 2.05) is 35.0 Å². The number of nitrogens with two attached hydrogens (primary N) is 2. The Morgan fingerprint density at radius 3 is 2.84 bits per heavy atom. The lowest BCUT2D eigenvalue weighted by molar-refractivity contribution is -0.663. The predicted molar refractivity (Wildman–Crippen MR) is 136 cm³/mol. The molecule has 1 unspecified atom stereocenters. The fraction of sp³-hybridized carbons (Fsp3) is 0.217. The molecule has 2 amide bonds. The maximum absolute atomic E-state index is 13.1. The number of hydrogen-bond donors (Lipinski definition) is 3. The number of anilines is 2. The van der Waals surface area contributed by atoms with E-state index in [2.05, 4.69) is 15.5 Å². The van der Waals surface area contributed by atoms with Crippen LogP contribution in [0.5, 0.6) is 0 Å². The summed E-state index contributed by atoms with van der Waals surface area (Å²) in [7, 11) is 1.27. The Morgan fingerprint density at radius 2 is 2.14 bits per heavy atom. The van der Waals surface area contributed by atoms with Gasteiger partial charge in [0.05, 0.1) is 17.1 Å². The van der Waals surface area contributed by atoms with Gasteiger partial charge in [-0.15, -0.1) is 23.1 Å². The summed E-state index contributed by atoms with van der Waals surface area (Å²) in [5.74, 6) is -2.40. The second-order valence-electron chi connectivity index (χ2n) is 8.21. The van der Waals surface area contributed by atoms with Crippen LogP contribution in [0.25, 0.3) is 10.9 Å². The van der Waals surface area contributed by atoms with E-state index < -0.39 is 29.2 Å². The van der Waals surface area contributed by atoms with Crippen molar-refractivity contribution in [1.29, 1.82) is 0 Å². The lowest BCUT2D eigenvalue weighted by Crippen LogP contribution is -2.71. The number of carbonyl (C=O) groups excluding carboxylic acids is 3. The van der Waals surface area contributed by atoms with Crippen molar-refractivity contribution in [3.8, 4) is 0 Å². The van der Waals surface area contributed by atoms with Crippen molar-refractivity contribution in [2.75, 3.05) is 24.3 Å². The minimum atomic E-state index is -1.46. The first-order valence-corrected chi connectivity index (χ1v) is 12.9. The van der Waals surface area contributed by atoms with Crippen molar-refractivity contribution < 1.29 is 28.9 Å². The van der Waals surface area contributed by atoms with Gasteiger partial charge in [0.1, 0.15) is 24.2 Å². The molecule has 0 spiro atoms. The molecule has 37 heavy (non-hydrogen) atoms. The van der Waals surface area contributed by atoms with Crippen LogP contribution in [0.3, 0.4) is 0 Å². The number of β-lactam (4-membered cyclic amide) rings is 1. The number of fused-ring (bicyclic) bond motifs is 2.